The molecular weight excluding hydrogens is 223 g/mol. The highest BCUT2D eigenvalue weighted by atomic mass is 31.1. The molecule has 0 saturated carbocycles. The third-order valence-corrected chi connectivity index (χ3v) is 2.87. The van der Waals surface area contributed by atoms with Crippen molar-refractivity contribution in [2.24, 2.45) is 0 Å². The minimum Gasteiger partial charge on any atom is -0.427 e. The molecule has 0 saturated heterocycles. The van der Waals surface area contributed by atoms with Gasteiger partial charge in [-0.1, -0.05) is 43.0 Å². The summed E-state index contributed by atoms with van der Waals surface area (Å²) in [7, 11) is -2.55. The Balaban J connectivity index is 2.37. The van der Waals surface area contributed by atoms with Gasteiger partial charge in [0.1, 0.15) is 5.75 Å². The Morgan fingerprint density at radius 1 is 1.12 bits per heavy atom. The van der Waals surface area contributed by atoms with E-state index in [-0.39, 0.29) is 0 Å². The molecule has 2 rings (SSSR count). The van der Waals surface area contributed by atoms with Crippen LogP contribution in [0.2, 0.25) is 0 Å². The molecule has 0 aliphatic heterocycles. The molecule has 2 aromatic carbocycles. The summed E-state index contributed by atoms with van der Waals surface area (Å²) in [4.78, 5) is 0. The fraction of sp³-hybridized carbons (Fsp3) is 0. The zero-order chi connectivity index (χ0) is 11.4. The summed E-state index contributed by atoms with van der Waals surface area (Å²) in [5, 5.41) is 1.95. The first-order chi connectivity index (χ1) is 7.81. The maximum absolute atomic E-state index is 11.3. The lowest BCUT2D eigenvalue weighted by atomic mass is 10.1. The fourth-order valence-corrected chi connectivity index (χ4v) is 2.01. The summed E-state index contributed by atoms with van der Waals surface area (Å²) in [6, 6.07) is 13.3. The quantitative estimate of drug-likeness (QED) is 0.596. The van der Waals surface area contributed by atoms with Crippen LogP contribution in [0.5, 0.6) is 5.75 Å². The summed E-state index contributed by atoms with van der Waals surface area (Å²) < 4.78 is 21.2. The molecule has 0 aliphatic rings. The second kappa shape index (κ2) is 4.86. The minimum atomic E-state index is -2.55. The van der Waals surface area contributed by atoms with Crippen LogP contribution in [0.25, 0.3) is 10.8 Å². The van der Waals surface area contributed by atoms with Crippen molar-refractivity contribution in [3.05, 3.63) is 55.3 Å². The van der Waals surface area contributed by atoms with Gasteiger partial charge in [0.15, 0.2) is 0 Å². The number of hydrogen-bond acceptors (Lipinski definition) is 3. The van der Waals surface area contributed by atoms with Gasteiger partial charge in [0.2, 0.25) is 0 Å². The second-order valence-corrected chi connectivity index (χ2v) is 4.05. The molecular formula is C12H11O3P. The van der Waals surface area contributed by atoms with Crippen molar-refractivity contribution >= 4 is 19.0 Å². The Bertz CT molecular complexity index is 531. The average molecular weight is 234 g/mol. The first-order valence-electron chi connectivity index (χ1n) is 4.78. The number of benzene rings is 2. The van der Waals surface area contributed by atoms with Crippen molar-refractivity contribution in [1.29, 1.82) is 0 Å². The standard InChI is InChI=1S/C12H11O3P/c1-2-14-16(13)15-12-9-5-7-10-6-3-4-8-11(10)12/h2-9,16H,1H2. The third-order valence-electron chi connectivity index (χ3n) is 2.12. The van der Waals surface area contributed by atoms with Gasteiger partial charge in [-0.05, 0) is 11.5 Å². The number of rotatable bonds is 4. The summed E-state index contributed by atoms with van der Waals surface area (Å²) in [6.45, 7) is 3.33. The van der Waals surface area contributed by atoms with E-state index in [1.54, 1.807) is 6.07 Å². The van der Waals surface area contributed by atoms with Gasteiger partial charge < -0.3 is 9.05 Å². The predicted molar refractivity (Wildman–Crippen MR) is 64.9 cm³/mol. The van der Waals surface area contributed by atoms with E-state index in [4.69, 9.17) is 4.52 Å². The van der Waals surface area contributed by atoms with Gasteiger partial charge in [0.05, 0.1) is 6.26 Å². The van der Waals surface area contributed by atoms with Crippen molar-refractivity contribution in [3.63, 3.8) is 0 Å². The average Bonchev–Trinajstić information content (AvgIpc) is 2.30. The molecule has 0 N–H and O–H groups in total. The van der Waals surface area contributed by atoms with Crippen LogP contribution in [0.3, 0.4) is 0 Å². The Kier molecular flexibility index (Phi) is 3.28. The molecule has 2 aromatic rings. The van der Waals surface area contributed by atoms with Gasteiger partial charge in [-0.15, -0.1) is 0 Å². The summed E-state index contributed by atoms with van der Waals surface area (Å²) in [5.74, 6) is 0.559. The van der Waals surface area contributed by atoms with Gasteiger partial charge in [-0.25, -0.2) is 4.57 Å². The second-order valence-electron chi connectivity index (χ2n) is 3.11. The lowest BCUT2D eigenvalue weighted by Gasteiger charge is -2.07. The van der Waals surface area contributed by atoms with E-state index in [9.17, 15) is 4.57 Å². The van der Waals surface area contributed by atoms with Crippen LogP contribution >= 0.6 is 8.25 Å². The van der Waals surface area contributed by atoms with Crippen molar-refractivity contribution < 1.29 is 13.6 Å². The molecule has 0 fully saturated rings. The molecule has 1 unspecified atom stereocenters. The number of fused-ring (bicyclic) bond motifs is 1. The van der Waals surface area contributed by atoms with Crippen molar-refractivity contribution in [2.45, 2.75) is 0 Å². The van der Waals surface area contributed by atoms with E-state index in [0.29, 0.717) is 5.75 Å². The molecule has 16 heavy (non-hydrogen) atoms. The first kappa shape index (κ1) is 10.8. The molecule has 1 atom stereocenters. The normalized spacial score (nSPS) is 12.0. The SMILES string of the molecule is C=CO[PH](=O)Oc1cccc2ccccc12. The molecule has 0 spiro atoms. The largest absolute Gasteiger partial charge is 0.427 e. The van der Waals surface area contributed by atoms with E-state index in [1.165, 1.54) is 0 Å². The van der Waals surface area contributed by atoms with Crippen molar-refractivity contribution in [2.75, 3.05) is 0 Å². The third kappa shape index (κ3) is 2.26. The van der Waals surface area contributed by atoms with Crippen LogP contribution in [0.1, 0.15) is 0 Å². The molecule has 3 nitrogen and oxygen atoms in total. The maximum Gasteiger partial charge on any atom is 0.418 e. The van der Waals surface area contributed by atoms with E-state index in [2.05, 4.69) is 11.1 Å². The van der Waals surface area contributed by atoms with E-state index >= 15 is 0 Å². The first-order valence-corrected chi connectivity index (χ1v) is 6.01. The predicted octanol–water partition coefficient (Wildman–Crippen LogP) is 3.77. The highest BCUT2D eigenvalue weighted by molar-refractivity contribution is 7.33. The van der Waals surface area contributed by atoms with Crippen LogP contribution in [-0.2, 0) is 9.09 Å². The Morgan fingerprint density at radius 2 is 1.88 bits per heavy atom. The molecule has 0 heterocycles. The monoisotopic (exact) mass is 234 g/mol. The maximum atomic E-state index is 11.3. The molecule has 0 bridgehead atoms. The number of hydrogen-bond donors (Lipinski definition) is 0. The minimum absolute atomic E-state index is 0.559. The molecule has 4 heteroatoms. The highest BCUT2D eigenvalue weighted by Crippen LogP contribution is 2.33. The topological polar surface area (TPSA) is 35.5 Å². The Hall–Kier alpha value is -1.73. The highest BCUT2D eigenvalue weighted by Gasteiger charge is 2.04. The smallest absolute Gasteiger partial charge is 0.418 e. The lowest BCUT2D eigenvalue weighted by molar-refractivity contribution is 0.386. The van der Waals surface area contributed by atoms with Crippen LogP contribution in [0.4, 0.5) is 0 Å². The summed E-state index contributed by atoms with van der Waals surface area (Å²) >= 11 is 0. The zero-order valence-corrected chi connectivity index (χ0v) is 9.55. The Morgan fingerprint density at radius 3 is 2.69 bits per heavy atom. The van der Waals surface area contributed by atoms with Crippen LogP contribution in [-0.4, -0.2) is 0 Å². The van der Waals surface area contributed by atoms with Gasteiger partial charge in [0, 0.05) is 5.39 Å². The van der Waals surface area contributed by atoms with Gasteiger partial charge >= 0.3 is 8.25 Å². The van der Waals surface area contributed by atoms with Crippen LogP contribution in [0.15, 0.2) is 55.3 Å². The van der Waals surface area contributed by atoms with Crippen molar-refractivity contribution in [1.82, 2.24) is 0 Å². The zero-order valence-electron chi connectivity index (χ0n) is 8.55. The summed E-state index contributed by atoms with van der Waals surface area (Å²) in [6.07, 6.45) is 1.12. The van der Waals surface area contributed by atoms with Crippen molar-refractivity contribution in [3.8, 4) is 5.75 Å². The Labute approximate surface area is 94.3 Å². The molecule has 82 valence electrons. The van der Waals surface area contributed by atoms with Gasteiger partial charge in [-0.2, -0.15) is 0 Å². The van der Waals surface area contributed by atoms with Gasteiger partial charge in [-0.3, -0.25) is 0 Å². The molecule has 0 aliphatic carbocycles. The van der Waals surface area contributed by atoms with E-state index in [0.717, 1.165) is 17.0 Å². The van der Waals surface area contributed by atoms with E-state index < -0.39 is 8.25 Å². The molecule has 0 amide bonds. The molecule has 0 radical (unpaired) electrons. The van der Waals surface area contributed by atoms with Crippen LogP contribution < -0.4 is 4.52 Å². The summed E-state index contributed by atoms with van der Waals surface area (Å²) in [5.41, 5.74) is 0. The van der Waals surface area contributed by atoms with E-state index in [1.807, 2.05) is 36.4 Å². The van der Waals surface area contributed by atoms with Gasteiger partial charge in [0.25, 0.3) is 0 Å². The molecule has 0 aromatic heterocycles. The van der Waals surface area contributed by atoms with Crippen LogP contribution in [0, 0.1) is 0 Å². The lowest BCUT2D eigenvalue weighted by Crippen LogP contribution is -1.83. The fourth-order valence-electron chi connectivity index (χ4n) is 1.47.